The van der Waals surface area contributed by atoms with Crippen molar-refractivity contribution in [1.29, 1.82) is 0 Å². The second-order valence-electron chi connectivity index (χ2n) is 5.74. The Balaban J connectivity index is 1.50. The van der Waals surface area contributed by atoms with Crippen LogP contribution in [0.4, 0.5) is 0 Å². The molecule has 0 spiro atoms. The molecule has 2 aromatic rings. The quantitative estimate of drug-likeness (QED) is 0.866. The second kappa shape index (κ2) is 4.93. The molecule has 1 aliphatic heterocycles. The summed E-state index contributed by atoms with van der Waals surface area (Å²) in [6, 6.07) is 0.314. The highest BCUT2D eigenvalue weighted by atomic mass is 32.1. The van der Waals surface area contributed by atoms with Gasteiger partial charge in [0.1, 0.15) is 0 Å². The molecule has 20 heavy (non-hydrogen) atoms. The molecular formula is C14H18N4OS. The van der Waals surface area contributed by atoms with Gasteiger partial charge in [-0.3, -0.25) is 4.90 Å². The maximum atomic E-state index is 5.41. The monoisotopic (exact) mass is 290 g/mol. The first kappa shape index (κ1) is 12.5. The number of hydrogen-bond donors (Lipinski definition) is 0. The van der Waals surface area contributed by atoms with Crippen LogP contribution in [0.2, 0.25) is 0 Å². The maximum Gasteiger partial charge on any atom is 0.229 e. The molecule has 0 aromatic carbocycles. The van der Waals surface area contributed by atoms with Gasteiger partial charge in [0.2, 0.25) is 5.89 Å². The summed E-state index contributed by atoms with van der Waals surface area (Å²) in [7, 11) is 0. The minimum absolute atomic E-state index is 0.314. The van der Waals surface area contributed by atoms with Crippen LogP contribution in [0.1, 0.15) is 59.2 Å². The molecule has 1 atom stereocenters. The summed E-state index contributed by atoms with van der Waals surface area (Å²) < 4.78 is 5.41. The molecule has 1 saturated heterocycles. The number of aromatic nitrogens is 3. The van der Waals surface area contributed by atoms with Crippen LogP contribution >= 0.6 is 11.3 Å². The van der Waals surface area contributed by atoms with Crippen molar-refractivity contribution in [3.63, 3.8) is 0 Å². The summed E-state index contributed by atoms with van der Waals surface area (Å²) >= 11 is 1.77. The Hall–Kier alpha value is -1.27. The molecule has 0 amide bonds. The van der Waals surface area contributed by atoms with Crippen molar-refractivity contribution in [2.45, 2.75) is 51.1 Å². The minimum atomic E-state index is 0.314. The molecule has 1 aliphatic carbocycles. The molecule has 6 heteroatoms. The van der Waals surface area contributed by atoms with Crippen molar-refractivity contribution in [3.8, 4) is 0 Å². The van der Waals surface area contributed by atoms with Gasteiger partial charge in [0.15, 0.2) is 5.82 Å². The minimum Gasteiger partial charge on any atom is -0.339 e. The zero-order valence-electron chi connectivity index (χ0n) is 11.6. The summed E-state index contributed by atoms with van der Waals surface area (Å²) in [6.45, 7) is 4.11. The normalized spacial score (nSPS) is 23.6. The van der Waals surface area contributed by atoms with E-state index in [0.29, 0.717) is 12.0 Å². The summed E-state index contributed by atoms with van der Waals surface area (Å²) in [5, 5.41) is 5.35. The highest BCUT2D eigenvalue weighted by Gasteiger charge is 2.34. The van der Waals surface area contributed by atoms with Crippen LogP contribution in [0.25, 0.3) is 0 Å². The van der Waals surface area contributed by atoms with Gasteiger partial charge in [0, 0.05) is 23.5 Å². The smallest absolute Gasteiger partial charge is 0.229 e. The Morgan fingerprint density at radius 1 is 1.40 bits per heavy atom. The standard InChI is InChI=1S/C14H18N4OS/c1-9-15-7-11(20-9)8-18-6-2-3-12(18)13-16-14(19-17-13)10-4-5-10/h7,10,12H,2-6,8H2,1H3/t12-/m0/s1. The van der Waals surface area contributed by atoms with Gasteiger partial charge in [-0.1, -0.05) is 5.16 Å². The van der Waals surface area contributed by atoms with E-state index in [9.17, 15) is 0 Å². The van der Waals surface area contributed by atoms with E-state index in [2.05, 4.69) is 26.9 Å². The molecule has 4 rings (SSSR count). The number of likely N-dealkylation sites (tertiary alicyclic amines) is 1. The lowest BCUT2D eigenvalue weighted by atomic mass is 10.2. The lowest BCUT2D eigenvalue weighted by Gasteiger charge is -2.20. The highest BCUT2D eigenvalue weighted by Crippen LogP contribution is 2.40. The lowest BCUT2D eigenvalue weighted by Crippen LogP contribution is -2.23. The summed E-state index contributed by atoms with van der Waals surface area (Å²) in [5.74, 6) is 2.27. The summed E-state index contributed by atoms with van der Waals surface area (Å²) in [5.41, 5.74) is 0. The maximum absolute atomic E-state index is 5.41. The van der Waals surface area contributed by atoms with Gasteiger partial charge >= 0.3 is 0 Å². The van der Waals surface area contributed by atoms with Gasteiger partial charge in [-0.2, -0.15) is 4.98 Å². The van der Waals surface area contributed by atoms with E-state index in [-0.39, 0.29) is 0 Å². The van der Waals surface area contributed by atoms with Crippen molar-refractivity contribution < 1.29 is 4.52 Å². The zero-order chi connectivity index (χ0) is 13.5. The predicted molar refractivity (Wildman–Crippen MR) is 75.5 cm³/mol. The molecular weight excluding hydrogens is 272 g/mol. The van der Waals surface area contributed by atoms with Crippen LogP contribution in [-0.2, 0) is 6.54 Å². The Labute approximate surface area is 122 Å². The predicted octanol–water partition coefficient (Wildman–Crippen LogP) is 3.05. The molecule has 1 saturated carbocycles. The number of hydrogen-bond acceptors (Lipinski definition) is 6. The Morgan fingerprint density at radius 3 is 3.05 bits per heavy atom. The van der Waals surface area contributed by atoms with Gasteiger partial charge in [0.25, 0.3) is 0 Å². The summed E-state index contributed by atoms with van der Waals surface area (Å²) in [4.78, 5) is 12.7. The summed E-state index contributed by atoms with van der Waals surface area (Å²) in [6.07, 6.45) is 6.73. The molecule has 2 aliphatic rings. The Kier molecular flexibility index (Phi) is 3.07. The number of nitrogens with zero attached hydrogens (tertiary/aromatic N) is 4. The fraction of sp³-hybridized carbons (Fsp3) is 0.643. The van der Waals surface area contributed by atoms with Crippen molar-refractivity contribution in [2.75, 3.05) is 6.54 Å². The third kappa shape index (κ3) is 2.38. The van der Waals surface area contributed by atoms with Gasteiger partial charge in [-0.15, -0.1) is 11.3 Å². The average Bonchev–Trinajstić information content (AvgIpc) is 2.87. The van der Waals surface area contributed by atoms with Crippen LogP contribution in [-0.4, -0.2) is 26.6 Å². The van der Waals surface area contributed by atoms with E-state index in [0.717, 1.165) is 36.2 Å². The van der Waals surface area contributed by atoms with Crippen molar-refractivity contribution in [3.05, 3.63) is 27.8 Å². The third-order valence-electron chi connectivity index (χ3n) is 4.07. The molecule has 0 N–H and O–H groups in total. The van der Waals surface area contributed by atoms with Crippen LogP contribution in [0.5, 0.6) is 0 Å². The molecule has 5 nitrogen and oxygen atoms in total. The van der Waals surface area contributed by atoms with Crippen LogP contribution in [0.3, 0.4) is 0 Å². The first-order chi connectivity index (χ1) is 9.79. The molecule has 3 heterocycles. The molecule has 0 radical (unpaired) electrons. The van der Waals surface area contributed by atoms with Crippen molar-refractivity contribution in [2.24, 2.45) is 0 Å². The number of thiazole rings is 1. The fourth-order valence-electron chi connectivity index (χ4n) is 2.87. The van der Waals surface area contributed by atoms with Crippen LogP contribution in [0, 0.1) is 6.92 Å². The van der Waals surface area contributed by atoms with Crippen LogP contribution in [0.15, 0.2) is 10.7 Å². The molecule has 0 unspecified atom stereocenters. The molecule has 2 fully saturated rings. The fourth-order valence-corrected chi connectivity index (χ4v) is 3.69. The topological polar surface area (TPSA) is 55.1 Å². The van der Waals surface area contributed by atoms with Gasteiger partial charge < -0.3 is 4.52 Å². The molecule has 2 aromatic heterocycles. The lowest BCUT2D eigenvalue weighted by molar-refractivity contribution is 0.236. The average molecular weight is 290 g/mol. The number of aryl methyl sites for hydroxylation is 1. The van der Waals surface area contributed by atoms with E-state index in [1.54, 1.807) is 11.3 Å². The van der Waals surface area contributed by atoms with Crippen molar-refractivity contribution in [1.82, 2.24) is 20.0 Å². The number of rotatable bonds is 4. The highest BCUT2D eigenvalue weighted by molar-refractivity contribution is 7.11. The first-order valence-electron chi connectivity index (χ1n) is 7.28. The van der Waals surface area contributed by atoms with Crippen LogP contribution < -0.4 is 0 Å². The van der Waals surface area contributed by atoms with E-state index in [1.807, 2.05) is 6.20 Å². The second-order valence-corrected chi connectivity index (χ2v) is 7.06. The zero-order valence-corrected chi connectivity index (χ0v) is 12.4. The molecule has 106 valence electrons. The van der Waals surface area contributed by atoms with E-state index in [1.165, 1.54) is 24.1 Å². The first-order valence-corrected chi connectivity index (χ1v) is 8.10. The third-order valence-corrected chi connectivity index (χ3v) is 4.97. The Bertz CT molecular complexity index is 604. The SMILES string of the molecule is Cc1ncc(CN2CCC[C@H]2c2noc(C3CC3)n2)s1. The van der Waals surface area contributed by atoms with Gasteiger partial charge in [-0.05, 0) is 39.2 Å². The van der Waals surface area contributed by atoms with E-state index < -0.39 is 0 Å². The Morgan fingerprint density at radius 2 is 2.30 bits per heavy atom. The molecule has 0 bridgehead atoms. The van der Waals surface area contributed by atoms with Crippen molar-refractivity contribution >= 4 is 11.3 Å². The van der Waals surface area contributed by atoms with E-state index >= 15 is 0 Å². The largest absolute Gasteiger partial charge is 0.339 e. The van der Waals surface area contributed by atoms with Gasteiger partial charge in [-0.25, -0.2) is 4.98 Å². The van der Waals surface area contributed by atoms with Gasteiger partial charge in [0.05, 0.1) is 11.0 Å². The van der Waals surface area contributed by atoms with E-state index in [4.69, 9.17) is 4.52 Å².